The number of likely N-dealkylation sites (tertiary alicyclic amines) is 1. The molecule has 226 valence electrons. The monoisotopic (exact) mass is 614 g/mol. The topological polar surface area (TPSA) is 100 Å². The van der Waals surface area contributed by atoms with Crippen LogP contribution >= 0.6 is 12.4 Å². The van der Waals surface area contributed by atoms with Crippen LogP contribution in [-0.2, 0) is 21.3 Å². The maximum atomic E-state index is 13.4. The molecule has 0 radical (unpaired) electrons. The van der Waals surface area contributed by atoms with Gasteiger partial charge in [0.15, 0.2) is 0 Å². The van der Waals surface area contributed by atoms with Crippen LogP contribution in [0.2, 0.25) is 0 Å². The summed E-state index contributed by atoms with van der Waals surface area (Å²) in [7, 11) is -3.31. The minimum atomic E-state index is -3.31. The highest BCUT2D eigenvalue weighted by molar-refractivity contribution is 7.92. The van der Waals surface area contributed by atoms with Crippen molar-refractivity contribution in [2.75, 3.05) is 42.2 Å². The van der Waals surface area contributed by atoms with Gasteiger partial charge in [-0.3, -0.25) is 14.5 Å². The highest BCUT2D eigenvalue weighted by Gasteiger charge is 2.29. The van der Waals surface area contributed by atoms with Crippen molar-refractivity contribution in [2.24, 2.45) is 0 Å². The van der Waals surface area contributed by atoms with Gasteiger partial charge in [-0.1, -0.05) is 30.3 Å². The van der Waals surface area contributed by atoms with Gasteiger partial charge in [-0.25, -0.2) is 13.2 Å². The van der Waals surface area contributed by atoms with E-state index in [9.17, 15) is 13.2 Å². The molecule has 3 aromatic carbocycles. The summed E-state index contributed by atoms with van der Waals surface area (Å²) in [6, 6.07) is 25.0. The summed E-state index contributed by atoms with van der Waals surface area (Å²) in [5, 5.41) is 3.31. The zero-order valence-electron chi connectivity index (χ0n) is 23.8. The lowest BCUT2D eigenvalue weighted by Gasteiger charge is -2.37. The molecule has 0 aliphatic carbocycles. The molecule has 0 atom stereocenters. The fourth-order valence-corrected chi connectivity index (χ4v) is 5.93. The molecule has 3 aromatic rings. The van der Waals surface area contributed by atoms with Gasteiger partial charge < -0.3 is 14.8 Å². The smallest absolute Gasteiger partial charge is 0.322 e. The van der Waals surface area contributed by atoms with Gasteiger partial charge in [0.2, 0.25) is 10.0 Å². The number of nitrogens with one attached hydrogen (secondary N) is 2. The summed E-state index contributed by atoms with van der Waals surface area (Å²) in [4.78, 5) is 17.8. The summed E-state index contributed by atoms with van der Waals surface area (Å²) in [6.45, 7) is 4.04. The Hall–Kier alpha value is -3.31. The number of piperidine rings is 1. The number of rotatable bonds is 9. The molecule has 2 amide bonds. The maximum Gasteiger partial charge on any atom is 0.322 e. The highest BCUT2D eigenvalue weighted by Crippen LogP contribution is 2.26. The largest absolute Gasteiger partial charge is 0.457 e. The lowest BCUT2D eigenvalue weighted by Crippen LogP contribution is -2.53. The lowest BCUT2D eigenvalue weighted by molar-refractivity contribution is 0.0853. The zero-order valence-corrected chi connectivity index (χ0v) is 25.4. The SMILES string of the molecule is CS(=O)(=O)Nc1ccc(Oc2ccc(CN3CCC(NC(=O)N(c4ccccc4)C4CCOCC4)CC3)cc2)cc1.Cl. The minimum absolute atomic E-state index is 0. The van der Waals surface area contributed by atoms with Gasteiger partial charge in [-0.2, -0.15) is 0 Å². The Balaban J connectivity index is 0.00000405. The van der Waals surface area contributed by atoms with Crippen LogP contribution < -0.4 is 19.7 Å². The molecule has 2 aliphatic heterocycles. The van der Waals surface area contributed by atoms with Gasteiger partial charge in [0, 0.05) is 56.3 Å². The van der Waals surface area contributed by atoms with Gasteiger partial charge >= 0.3 is 6.03 Å². The molecule has 9 nitrogen and oxygen atoms in total. The molecule has 0 spiro atoms. The molecule has 0 aromatic heterocycles. The zero-order chi connectivity index (χ0) is 28.7. The molecule has 5 rings (SSSR count). The lowest BCUT2D eigenvalue weighted by atomic mass is 10.0. The highest BCUT2D eigenvalue weighted by atomic mass is 35.5. The van der Waals surface area contributed by atoms with Crippen molar-refractivity contribution in [1.82, 2.24) is 10.2 Å². The molecule has 2 N–H and O–H groups in total. The quantitative estimate of drug-likeness (QED) is 0.324. The van der Waals surface area contributed by atoms with E-state index >= 15 is 0 Å². The third-order valence-electron chi connectivity index (χ3n) is 7.45. The molecular formula is C31H39ClN4O5S. The number of para-hydroxylation sites is 1. The molecule has 0 saturated carbocycles. The predicted octanol–water partition coefficient (Wildman–Crippen LogP) is 5.63. The average molecular weight is 615 g/mol. The average Bonchev–Trinajstić information content (AvgIpc) is 2.97. The number of carbonyl (C=O) groups excluding carboxylic acids is 1. The van der Waals surface area contributed by atoms with Crippen LogP contribution in [0.3, 0.4) is 0 Å². The van der Waals surface area contributed by atoms with Crippen molar-refractivity contribution < 1.29 is 22.7 Å². The number of hydrogen-bond acceptors (Lipinski definition) is 6. The third kappa shape index (κ3) is 9.09. The normalized spacial score (nSPS) is 16.7. The van der Waals surface area contributed by atoms with Crippen LogP contribution in [0.1, 0.15) is 31.2 Å². The number of amides is 2. The van der Waals surface area contributed by atoms with E-state index in [4.69, 9.17) is 9.47 Å². The predicted molar refractivity (Wildman–Crippen MR) is 168 cm³/mol. The molecule has 0 bridgehead atoms. The van der Waals surface area contributed by atoms with Gasteiger partial charge in [-0.15, -0.1) is 12.4 Å². The van der Waals surface area contributed by atoms with E-state index in [-0.39, 0.29) is 30.5 Å². The number of ether oxygens (including phenoxy) is 2. The molecule has 42 heavy (non-hydrogen) atoms. The van der Waals surface area contributed by atoms with Crippen LogP contribution in [0.15, 0.2) is 78.9 Å². The first-order valence-electron chi connectivity index (χ1n) is 14.1. The van der Waals surface area contributed by atoms with E-state index in [0.29, 0.717) is 30.4 Å². The molecule has 11 heteroatoms. The molecule has 2 fully saturated rings. The molecule has 2 saturated heterocycles. The number of hydrogen-bond donors (Lipinski definition) is 2. The van der Waals surface area contributed by atoms with Crippen molar-refractivity contribution in [1.29, 1.82) is 0 Å². The van der Waals surface area contributed by atoms with Crippen molar-refractivity contribution in [3.05, 3.63) is 84.4 Å². The second-order valence-electron chi connectivity index (χ2n) is 10.7. The number of halogens is 1. The number of anilines is 2. The van der Waals surface area contributed by atoms with E-state index in [2.05, 4.69) is 27.1 Å². The Labute approximate surface area is 254 Å². The molecular weight excluding hydrogens is 576 g/mol. The van der Waals surface area contributed by atoms with E-state index < -0.39 is 10.0 Å². The molecule has 0 unspecified atom stereocenters. The number of benzene rings is 3. The standard InChI is InChI=1S/C31H38N4O5S.ClH/c1-41(37,38)33-26-9-13-30(14-10-26)40-29-11-7-24(8-12-29)23-34-19-15-25(16-20-34)32-31(36)35(27-5-3-2-4-6-27)28-17-21-39-22-18-28;/h2-14,25,28,33H,15-23H2,1H3,(H,32,36);1H. The first kappa shape index (κ1) is 31.6. The summed E-state index contributed by atoms with van der Waals surface area (Å²) in [5.41, 5.74) is 2.62. The summed E-state index contributed by atoms with van der Waals surface area (Å²) >= 11 is 0. The third-order valence-corrected chi connectivity index (χ3v) is 8.05. The Kier molecular flexibility index (Phi) is 11.1. The Morgan fingerprint density at radius 1 is 0.905 bits per heavy atom. The number of carbonyl (C=O) groups is 1. The number of sulfonamides is 1. The van der Waals surface area contributed by atoms with Gasteiger partial charge in [0.05, 0.1) is 6.26 Å². The van der Waals surface area contributed by atoms with Crippen LogP contribution in [0, 0.1) is 0 Å². The van der Waals surface area contributed by atoms with E-state index in [0.717, 1.165) is 57.3 Å². The summed E-state index contributed by atoms with van der Waals surface area (Å²) in [6.07, 6.45) is 4.63. The van der Waals surface area contributed by atoms with Crippen LogP contribution in [-0.4, -0.2) is 64.0 Å². The van der Waals surface area contributed by atoms with E-state index in [1.165, 1.54) is 5.56 Å². The summed E-state index contributed by atoms with van der Waals surface area (Å²) < 4.78 is 36.6. The maximum absolute atomic E-state index is 13.4. The summed E-state index contributed by atoms with van der Waals surface area (Å²) in [5.74, 6) is 1.34. The van der Waals surface area contributed by atoms with Crippen LogP contribution in [0.5, 0.6) is 11.5 Å². The fourth-order valence-electron chi connectivity index (χ4n) is 5.37. The molecule has 2 heterocycles. The second kappa shape index (κ2) is 14.7. The molecule has 2 aliphatic rings. The first-order valence-corrected chi connectivity index (χ1v) is 16.0. The Morgan fingerprint density at radius 3 is 2.10 bits per heavy atom. The van der Waals surface area contributed by atoms with Crippen LogP contribution in [0.4, 0.5) is 16.2 Å². The fraction of sp³-hybridized carbons (Fsp3) is 0.387. The first-order chi connectivity index (χ1) is 19.8. The number of nitrogens with zero attached hydrogens (tertiary/aromatic N) is 2. The van der Waals surface area contributed by atoms with Crippen molar-refractivity contribution in [2.45, 2.75) is 44.3 Å². The van der Waals surface area contributed by atoms with Gasteiger partial charge in [-0.05, 0) is 79.8 Å². The van der Waals surface area contributed by atoms with Gasteiger partial charge in [0.25, 0.3) is 0 Å². The second-order valence-corrected chi connectivity index (χ2v) is 12.4. The van der Waals surface area contributed by atoms with E-state index in [1.54, 1.807) is 24.3 Å². The van der Waals surface area contributed by atoms with E-state index in [1.807, 2.05) is 47.4 Å². The number of urea groups is 1. The van der Waals surface area contributed by atoms with Crippen molar-refractivity contribution >= 4 is 39.8 Å². The Bertz CT molecular complexity index is 1380. The Morgan fingerprint density at radius 2 is 1.50 bits per heavy atom. The van der Waals surface area contributed by atoms with Crippen molar-refractivity contribution in [3.63, 3.8) is 0 Å². The van der Waals surface area contributed by atoms with Crippen molar-refractivity contribution in [3.8, 4) is 11.5 Å². The van der Waals surface area contributed by atoms with Gasteiger partial charge in [0.1, 0.15) is 11.5 Å². The minimum Gasteiger partial charge on any atom is -0.457 e. The van der Waals surface area contributed by atoms with Crippen LogP contribution in [0.25, 0.3) is 0 Å².